The molecule has 0 bridgehead atoms. The maximum atomic E-state index is 13.4. The molecule has 1 heterocycles. The van der Waals surface area contributed by atoms with Crippen molar-refractivity contribution in [2.24, 2.45) is 0 Å². The van der Waals surface area contributed by atoms with Gasteiger partial charge in [-0.05, 0) is 40.5 Å². The number of aliphatic carboxylic acids is 1. The predicted molar refractivity (Wildman–Crippen MR) is 112 cm³/mol. The minimum Gasteiger partial charge on any atom is -0.481 e. The molecule has 32 heavy (non-hydrogen) atoms. The summed E-state index contributed by atoms with van der Waals surface area (Å²) in [5.41, 5.74) is 1.68. The number of carbonyl (C=O) groups is 2. The number of amides is 1. The maximum absolute atomic E-state index is 13.4. The summed E-state index contributed by atoms with van der Waals surface area (Å²) in [5, 5.41) is 9.03. The number of halogens is 3. The molecule has 3 rings (SSSR count). The summed E-state index contributed by atoms with van der Waals surface area (Å²) in [6.45, 7) is 1.56. The fraction of sp³-hybridized carbons (Fsp3) is 0.208. The normalized spacial score (nSPS) is 11.2. The number of carboxylic acids is 1. The third-order valence-electron chi connectivity index (χ3n) is 4.92. The van der Waals surface area contributed by atoms with Gasteiger partial charge in [0, 0.05) is 38.0 Å². The average Bonchev–Trinajstić information content (AvgIpc) is 2.73. The molecule has 3 aromatic rings. The Bertz CT molecular complexity index is 1110. The van der Waals surface area contributed by atoms with Crippen LogP contribution in [0.5, 0.6) is 0 Å². The second kappa shape index (κ2) is 9.64. The SMILES string of the molecule is CC(=O)N(Cc1ccccc1)Cc1cc(C(F)(F)F)ccc1-c1cncc(CC(=O)O)c1. The van der Waals surface area contributed by atoms with Gasteiger partial charge in [0.15, 0.2) is 0 Å². The van der Waals surface area contributed by atoms with Gasteiger partial charge >= 0.3 is 12.1 Å². The summed E-state index contributed by atoms with van der Waals surface area (Å²) in [7, 11) is 0. The number of hydrogen-bond acceptors (Lipinski definition) is 3. The molecule has 0 unspecified atom stereocenters. The Hall–Kier alpha value is -3.68. The van der Waals surface area contributed by atoms with Crippen molar-refractivity contribution >= 4 is 11.9 Å². The zero-order valence-electron chi connectivity index (χ0n) is 17.3. The van der Waals surface area contributed by atoms with Crippen molar-refractivity contribution < 1.29 is 27.9 Å². The Morgan fingerprint density at radius 1 is 0.969 bits per heavy atom. The number of alkyl halides is 3. The monoisotopic (exact) mass is 442 g/mol. The van der Waals surface area contributed by atoms with Gasteiger partial charge in [0.2, 0.25) is 5.91 Å². The number of hydrogen-bond donors (Lipinski definition) is 1. The number of nitrogens with zero attached hydrogens (tertiary/aromatic N) is 2. The van der Waals surface area contributed by atoms with Crippen LogP contribution in [0.4, 0.5) is 13.2 Å². The lowest BCUT2D eigenvalue weighted by atomic mass is 9.96. The molecule has 0 atom stereocenters. The Labute approximate surface area is 183 Å². The van der Waals surface area contributed by atoms with Crippen LogP contribution in [-0.2, 0) is 35.3 Å². The number of aromatic nitrogens is 1. The topological polar surface area (TPSA) is 70.5 Å². The molecule has 0 radical (unpaired) electrons. The van der Waals surface area contributed by atoms with Crippen LogP contribution in [0.1, 0.15) is 29.2 Å². The standard InChI is InChI=1S/C24H21F3N2O3/c1-16(30)29(14-17-5-3-2-4-6-17)15-20-11-21(24(25,26)27)7-8-22(20)19-9-18(10-23(31)32)12-28-13-19/h2-9,11-13H,10,14-15H2,1H3,(H,31,32). The van der Waals surface area contributed by atoms with E-state index in [4.69, 9.17) is 5.11 Å². The third kappa shape index (κ3) is 5.94. The molecule has 1 aromatic heterocycles. The molecule has 2 aromatic carbocycles. The molecule has 166 valence electrons. The first-order valence-electron chi connectivity index (χ1n) is 9.79. The molecular formula is C24H21F3N2O3. The molecule has 0 saturated heterocycles. The lowest BCUT2D eigenvalue weighted by Gasteiger charge is -2.24. The Balaban J connectivity index is 2.03. The van der Waals surface area contributed by atoms with Crippen LogP contribution >= 0.6 is 0 Å². The molecule has 0 saturated carbocycles. The van der Waals surface area contributed by atoms with Crippen molar-refractivity contribution in [3.8, 4) is 11.1 Å². The second-order valence-electron chi connectivity index (χ2n) is 7.38. The van der Waals surface area contributed by atoms with Crippen LogP contribution in [0.15, 0.2) is 67.0 Å². The van der Waals surface area contributed by atoms with Gasteiger partial charge in [-0.2, -0.15) is 13.2 Å². The fourth-order valence-electron chi connectivity index (χ4n) is 3.38. The van der Waals surface area contributed by atoms with Crippen LogP contribution in [-0.4, -0.2) is 26.9 Å². The van der Waals surface area contributed by atoms with Crippen molar-refractivity contribution in [3.63, 3.8) is 0 Å². The number of pyridine rings is 1. The molecule has 0 aliphatic heterocycles. The van der Waals surface area contributed by atoms with E-state index < -0.39 is 17.7 Å². The first-order chi connectivity index (χ1) is 15.1. The highest BCUT2D eigenvalue weighted by molar-refractivity contribution is 5.75. The number of carbonyl (C=O) groups excluding carboxylic acids is 1. The molecule has 0 spiro atoms. The van der Waals surface area contributed by atoms with Crippen molar-refractivity contribution in [3.05, 3.63) is 89.2 Å². The van der Waals surface area contributed by atoms with Gasteiger partial charge in [-0.1, -0.05) is 36.4 Å². The maximum Gasteiger partial charge on any atom is 0.416 e. The minimum atomic E-state index is -4.54. The Morgan fingerprint density at radius 2 is 1.69 bits per heavy atom. The second-order valence-corrected chi connectivity index (χ2v) is 7.38. The van der Waals surface area contributed by atoms with E-state index in [0.717, 1.165) is 17.7 Å². The van der Waals surface area contributed by atoms with Crippen LogP contribution < -0.4 is 0 Å². The first-order valence-corrected chi connectivity index (χ1v) is 9.79. The summed E-state index contributed by atoms with van der Waals surface area (Å²) >= 11 is 0. The highest BCUT2D eigenvalue weighted by atomic mass is 19.4. The highest BCUT2D eigenvalue weighted by Gasteiger charge is 2.31. The summed E-state index contributed by atoms with van der Waals surface area (Å²) in [4.78, 5) is 28.8. The molecule has 0 fully saturated rings. The van der Waals surface area contributed by atoms with Gasteiger partial charge in [-0.3, -0.25) is 14.6 Å². The van der Waals surface area contributed by atoms with E-state index in [9.17, 15) is 22.8 Å². The quantitative estimate of drug-likeness (QED) is 0.563. The van der Waals surface area contributed by atoms with E-state index >= 15 is 0 Å². The average molecular weight is 442 g/mol. The molecule has 5 nitrogen and oxygen atoms in total. The van der Waals surface area contributed by atoms with Crippen LogP contribution in [0.3, 0.4) is 0 Å². The summed E-state index contributed by atoms with van der Waals surface area (Å²) in [6, 6.07) is 14.1. The van der Waals surface area contributed by atoms with Gasteiger partial charge in [-0.25, -0.2) is 0 Å². The van der Waals surface area contributed by atoms with Crippen LogP contribution in [0.25, 0.3) is 11.1 Å². The third-order valence-corrected chi connectivity index (χ3v) is 4.92. The number of benzene rings is 2. The van der Waals surface area contributed by atoms with E-state index in [1.165, 1.54) is 30.3 Å². The lowest BCUT2D eigenvalue weighted by Crippen LogP contribution is -2.28. The van der Waals surface area contributed by atoms with E-state index in [2.05, 4.69) is 4.98 Å². The zero-order valence-corrected chi connectivity index (χ0v) is 17.3. The van der Waals surface area contributed by atoms with Crippen molar-refractivity contribution in [2.75, 3.05) is 0 Å². The van der Waals surface area contributed by atoms with Gasteiger partial charge in [0.1, 0.15) is 0 Å². The van der Waals surface area contributed by atoms with Gasteiger partial charge in [0.05, 0.1) is 12.0 Å². The van der Waals surface area contributed by atoms with Crippen molar-refractivity contribution in [1.82, 2.24) is 9.88 Å². The van der Waals surface area contributed by atoms with Gasteiger partial charge in [-0.15, -0.1) is 0 Å². The van der Waals surface area contributed by atoms with Gasteiger partial charge < -0.3 is 10.0 Å². The lowest BCUT2D eigenvalue weighted by molar-refractivity contribution is -0.138. The molecule has 0 aliphatic rings. The zero-order chi connectivity index (χ0) is 23.3. The summed E-state index contributed by atoms with van der Waals surface area (Å²) < 4.78 is 40.2. The van der Waals surface area contributed by atoms with E-state index in [-0.39, 0.29) is 25.4 Å². The van der Waals surface area contributed by atoms with Gasteiger partial charge in [0.25, 0.3) is 0 Å². The molecule has 8 heteroatoms. The molecule has 1 N–H and O–H groups in total. The Kier molecular flexibility index (Phi) is 6.92. The Morgan fingerprint density at radius 3 is 2.31 bits per heavy atom. The van der Waals surface area contributed by atoms with Crippen LogP contribution in [0, 0.1) is 0 Å². The highest BCUT2D eigenvalue weighted by Crippen LogP contribution is 2.34. The van der Waals surface area contributed by atoms with Crippen molar-refractivity contribution in [2.45, 2.75) is 32.6 Å². The molecular weight excluding hydrogens is 421 g/mol. The number of rotatable bonds is 7. The minimum absolute atomic E-state index is 0.0490. The van der Waals surface area contributed by atoms with E-state index in [1.807, 2.05) is 30.3 Å². The van der Waals surface area contributed by atoms with Crippen molar-refractivity contribution in [1.29, 1.82) is 0 Å². The largest absolute Gasteiger partial charge is 0.481 e. The van der Waals surface area contributed by atoms with E-state index in [1.54, 1.807) is 6.07 Å². The fourth-order valence-corrected chi connectivity index (χ4v) is 3.38. The van der Waals surface area contributed by atoms with E-state index in [0.29, 0.717) is 22.3 Å². The summed E-state index contributed by atoms with van der Waals surface area (Å²) in [5.74, 6) is -1.32. The predicted octanol–water partition coefficient (Wildman–Crippen LogP) is 4.94. The first kappa shape index (κ1) is 23.0. The molecule has 0 aliphatic carbocycles. The summed E-state index contributed by atoms with van der Waals surface area (Å²) in [6.07, 6.45) is -1.94. The van der Waals surface area contributed by atoms with Crippen LogP contribution in [0.2, 0.25) is 0 Å². The number of carboxylic acid groups (broad SMARTS) is 1. The molecule has 1 amide bonds. The smallest absolute Gasteiger partial charge is 0.416 e.